The van der Waals surface area contributed by atoms with Gasteiger partial charge in [0.05, 0.1) is 11.8 Å². The van der Waals surface area contributed by atoms with Gasteiger partial charge in [0.25, 0.3) is 11.8 Å². The van der Waals surface area contributed by atoms with Crippen LogP contribution in [0.4, 0.5) is 10.5 Å². The van der Waals surface area contributed by atoms with Crippen molar-refractivity contribution in [1.29, 1.82) is 0 Å². The minimum atomic E-state index is -0.769. The van der Waals surface area contributed by atoms with Crippen molar-refractivity contribution in [2.45, 2.75) is 33.3 Å². The second kappa shape index (κ2) is 8.67. The molecule has 0 bridgehead atoms. The van der Waals surface area contributed by atoms with Gasteiger partial charge in [-0.15, -0.1) is 0 Å². The molecule has 3 aromatic carbocycles. The van der Waals surface area contributed by atoms with E-state index in [1.807, 2.05) is 57.2 Å². The molecule has 1 fully saturated rings. The lowest BCUT2D eigenvalue weighted by molar-refractivity contribution is -0.122. The number of hydrogen-bond acceptors (Lipinski definition) is 4. The van der Waals surface area contributed by atoms with E-state index in [1.54, 1.807) is 24.3 Å². The SMILES string of the molecule is CC[C@H](C)Oc1ccc2ccccc2c1/C=C1\C(=O)NC(=O)N(c2ccc(C)cc2)C1=O. The average molecular weight is 428 g/mol. The summed E-state index contributed by atoms with van der Waals surface area (Å²) in [6.45, 7) is 5.89. The Bertz CT molecular complexity index is 1240. The minimum absolute atomic E-state index is 0.0465. The number of carbonyl (C=O) groups is 3. The van der Waals surface area contributed by atoms with E-state index in [9.17, 15) is 14.4 Å². The number of anilines is 1. The molecule has 1 saturated heterocycles. The Morgan fingerprint density at radius 3 is 2.44 bits per heavy atom. The average Bonchev–Trinajstić information content (AvgIpc) is 2.78. The van der Waals surface area contributed by atoms with Gasteiger partial charge in [-0.25, -0.2) is 9.69 Å². The lowest BCUT2D eigenvalue weighted by Gasteiger charge is -2.26. The van der Waals surface area contributed by atoms with Gasteiger partial charge in [0, 0.05) is 5.56 Å². The molecular formula is C26H24N2O4. The molecule has 0 aliphatic carbocycles. The summed E-state index contributed by atoms with van der Waals surface area (Å²) in [7, 11) is 0. The standard InChI is InChI=1S/C26H24N2O4/c1-4-17(3)32-23-14-11-18-7-5-6-8-20(18)21(23)15-22-24(29)27-26(31)28(25(22)30)19-12-9-16(2)10-13-19/h5-15,17H,4H2,1-3H3,(H,27,29,31)/b22-15+/t17-/m0/s1. The predicted molar refractivity (Wildman–Crippen MR) is 125 cm³/mol. The quantitative estimate of drug-likeness (QED) is 0.459. The summed E-state index contributed by atoms with van der Waals surface area (Å²) in [5.41, 5.74) is 1.88. The second-order valence-corrected chi connectivity index (χ2v) is 7.83. The van der Waals surface area contributed by atoms with E-state index in [0.29, 0.717) is 17.0 Å². The van der Waals surface area contributed by atoms with E-state index in [0.717, 1.165) is 27.7 Å². The molecule has 162 valence electrons. The summed E-state index contributed by atoms with van der Waals surface area (Å²) < 4.78 is 6.09. The van der Waals surface area contributed by atoms with Crippen molar-refractivity contribution >= 4 is 40.4 Å². The first kappa shape index (κ1) is 21.3. The van der Waals surface area contributed by atoms with E-state index < -0.39 is 17.8 Å². The van der Waals surface area contributed by atoms with Gasteiger partial charge in [-0.2, -0.15) is 0 Å². The number of aryl methyl sites for hydroxylation is 1. The number of nitrogens with one attached hydrogen (secondary N) is 1. The van der Waals surface area contributed by atoms with Crippen LogP contribution >= 0.6 is 0 Å². The number of nitrogens with zero attached hydrogens (tertiary/aromatic N) is 1. The van der Waals surface area contributed by atoms with E-state index in [2.05, 4.69) is 5.32 Å². The Balaban J connectivity index is 1.85. The number of barbiturate groups is 1. The van der Waals surface area contributed by atoms with Crippen molar-refractivity contribution in [3.63, 3.8) is 0 Å². The zero-order valence-corrected chi connectivity index (χ0v) is 18.2. The zero-order chi connectivity index (χ0) is 22.8. The molecule has 0 unspecified atom stereocenters. The first-order chi connectivity index (χ1) is 15.4. The van der Waals surface area contributed by atoms with Crippen LogP contribution in [-0.2, 0) is 9.59 Å². The first-order valence-electron chi connectivity index (χ1n) is 10.6. The highest BCUT2D eigenvalue weighted by atomic mass is 16.5. The van der Waals surface area contributed by atoms with Crippen LogP contribution in [0.1, 0.15) is 31.4 Å². The van der Waals surface area contributed by atoms with Crippen LogP contribution in [0.3, 0.4) is 0 Å². The number of rotatable bonds is 5. The first-order valence-corrected chi connectivity index (χ1v) is 10.6. The van der Waals surface area contributed by atoms with Gasteiger partial charge in [0.2, 0.25) is 0 Å². The number of fused-ring (bicyclic) bond motifs is 1. The molecule has 1 N–H and O–H groups in total. The van der Waals surface area contributed by atoms with Crippen molar-refractivity contribution in [3.8, 4) is 5.75 Å². The normalized spacial score (nSPS) is 16.4. The third-order valence-electron chi connectivity index (χ3n) is 5.52. The highest BCUT2D eigenvalue weighted by Crippen LogP contribution is 2.32. The zero-order valence-electron chi connectivity index (χ0n) is 18.2. The largest absolute Gasteiger partial charge is 0.490 e. The van der Waals surface area contributed by atoms with E-state index in [-0.39, 0.29) is 11.7 Å². The molecule has 6 heteroatoms. The summed E-state index contributed by atoms with van der Waals surface area (Å²) in [5, 5.41) is 4.08. The highest BCUT2D eigenvalue weighted by Gasteiger charge is 2.37. The molecule has 4 rings (SSSR count). The van der Waals surface area contributed by atoms with Crippen molar-refractivity contribution in [2.24, 2.45) is 0 Å². The van der Waals surface area contributed by atoms with Gasteiger partial charge in [-0.1, -0.05) is 55.0 Å². The highest BCUT2D eigenvalue weighted by molar-refractivity contribution is 6.39. The molecule has 32 heavy (non-hydrogen) atoms. The maximum absolute atomic E-state index is 13.3. The van der Waals surface area contributed by atoms with Gasteiger partial charge < -0.3 is 4.74 Å². The van der Waals surface area contributed by atoms with Crippen LogP contribution in [0.25, 0.3) is 16.8 Å². The number of urea groups is 1. The van der Waals surface area contributed by atoms with Crippen LogP contribution in [0.2, 0.25) is 0 Å². The monoisotopic (exact) mass is 428 g/mol. The molecule has 4 amide bonds. The van der Waals surface area contributed by atoms with E-state index in [1.165, 1.54) is 6.08 Å². The van der Waals surface area contributed by atoms with Crippen LogP contribution in [0.5, 0.6) is 5.75 Å². The topological polar surface area (TPSA) is 75.7 Å². The fourth-order valence-electron chi connectivity index (χ4n) is 3.56. The molecule has 0 aromatic heterocycles. The third kappa shape index (κ3) is 3.99. The van der Waals surface area contributed by atoms with Crippen molar-refractivity contribution in [2.75, 3.05) is 4.90 Å². The molecule has 1 aliphatic rings. The molecule has 0 radical (unpaired) electrons. The minimum Gasteiger partial charge on any atom is -0.490 e. The molecule has 0 spiro atoms. The summed E-state index contributed by atoms with van der Waals surface area (Å²) in [4.78, 5) is 39.4. The Morgan fingerprint density at radius 2 is 1.72 bits per heavy atom. The Hall–Kier alpha value is -3.93. The number of imide groups is 2. The Morgan fingerprint density at radius 1 is 1.00 bits per heavy atom. The molecule has 0 saturated carbocycles. The second-order valence-electron chi connectivity index (χ2n) is 7.83. The maximum atomic E-state index is 13.3. The lowest BCUT2D eigenvalue weighted by atomic mass is 9.99. The summed E-state index contributed by atoms with van der Waals surface area (Å²) in [6.07, 6.45) is 2.28. The lowest BCUT2D eigenvalue weighted by Crippen LogP contribution is -2.54. The van der Waals surface area contributed by atoms with Crippen LogP contribution in [0, 0.1) is 6.92 Å². The van der Waals surface area contributed by atoms with Crippen LogP contribution < -0.4 is 15.0 Å². The van der Waals surface area contributed by atoms with Crippen molar-refractivity contribution < 1.29 is 19.1 Å². The maximum Gasteiger partial charge on any atom is 0.335 e. The van der Waals surface area contributed by atoms with Gasteiger partial charge in [0.15, 0.2) is 0 Å². The fourth-order valence-corrected chi connectivity index (χ4v) is 3.56. The smallest absolute Gasteiger partial charge is 0.335 e. The van der Waals surface area contributed by atoms with Gasteiger partial charge in [-0.05, 0) is 55.3 Å². The molecule has 1 aliphatic heterocycles. The summed E-state index contributed by atoms with van der Waals surface area (Å²) in [5.74, 6) is -0.833. The molecule has 6 nitrogen and oxygen atoms in total. The number of carbonyl (C=O) groups excluding carboxylic acids is 3. The van der Waals surface area contributed by atoms with E-state index in [4.69, 9.17) is 4.74 Å². The fraction of sp³-hybridized carbons (Fsp3) is 0.192. The number of benzene rings is 3. The number of amides is 4. The van der Waals surface area contributed by atoms with Crippen molar-refractivity contribution in [3.05, 3.63) is 77.4 Å². The Labute approximate surface area is 186 Å². The third-order valence-corrected chi connectivity index (χ3v) is 5.52. The van der Waals surface area contributed by atoms with E-state index >= 15 is 0 Å². The Kier molecular flexibility index (Phi) is 5.77. The summed E-state index contributed by atoms with van der Waals surface area (Å²) >= 11 is 0. The van der Waals surface area contributed by atoms with Crippen molar-refractivity contribution in [1.82, 2.24) is 5.32 Å². The molecule has 1 heterocycles. The van der Waals surface area contributed by atoms with Crippen LogP contribution in [-0.4, -0.2) is 23.9 Å². The van der Waals surface area contributed by atoms with Gasteiger partial charge in [0.1, 0.15) is 11.3 Å². The predicted octanol–water partition coefficient (Wildman–Crippen LogP) is 4.99. The number of hydrogen-bond donors (Lipinski definition) is 1. The number of ether oxygens (including phenoxy) is 1. The van der Waals surface area contributed by atoms with Gasteiger partial charge >= 0.3 is 6.03 Å². The summed E-state index contributed by atoms with van der Waals surface area (Å²) in [6, 6.07) is 17.7. The molecule has 1 atom stereocenters. The van der Waals surface area contributed by atoms with Gasteiger partial charge in [-0.3, -0.25) is 14.9 Å². The van der Waals surface area contributed by atoms with Crippen LogP contribution in [0.15, 0.2) is 66.2 Å². The molecule has 3 aromatic rings. The molecular weight excluding hydrogens is 404 g/mol.